The average molecular weight is 309 g/mol. The Hall–Kier alpha value is -2.12. The van der Waals surface area contributed by atoms with Gasteiger partial charge in [0.2, 0.25) is 10.0 Å². The normalized spacial score (nSPS) is 11.4. The molecule has 0 aliphatic carbocycles. The van der Waals surface area contributed by atoms with Crippen molar-refractivity contribution >= 4 is 27.1 Å². The minimum absolute atomic E-state index is 0.0507. The maximum absolute atomic E-state index is 13.8. The highest BCUT2D eigenvalue weighted by Crippen LogP contribution is 2.28. The van der Waals surface area contributed by atoms with Crippen LogP contribution in [0, 0.1) is 12.7 Å². The monoisotopic (exact) mass is 309 g/mol. The van der Waals surface area contributed by atoms with Gasteiger partial charge in [0.15, 0.2) is 0 Å². The molecule has 112 valence electrons. The number of benzene rings is 2. The highest BCUT2D eigenvalue weighted by atomic mass is 32.2. The predicted molar refractivity (Wildman–Crippen MR) is 81.5 cm³/mol. The Bertz CT molecular complexity index is 776. The first-order chi connectivity index (χ1) is 9.83. The number of halogens is 1. The van der Waals surface area contributed by atoms with Gasteiger partial charge in [-0.1, -0.05) is 6.07 Å². The molecule has 0 aliphatic heterocycles. The molecule has 0 bridgehead atoms. The molecule has 0 unspecified atom stereocenters. The zero-order chi connectivity index (χ0) is 15.6. The van der Waals surface area contributed by atoms with Crippen LogP contribution in [0.15, 0.2) is 41.3 Å². The summed E-state index contributed by atoms with van der Waals surface area (Å²) in [5, 5.41) is 2.83. The lowest BCUT2D eigenvalue weighted by Gasteiger charge is -2.12. The molecule has 0 atom stereocenters. The lowest BCUT2D eigenvalue weighted by Crippen LogP contribution is -2.18. The van der Waals surface area contributed by atoms with E-state index in [2.05, 4.69) is 10.0 Å². The fourth-order valence-corrected chi connectivity index (χ4v) is 2.56. The number of rotatable bonds is 4. The summed E-state index contributed by atoms with van der Waals surface area (Å²) in [5.74, 6) is -0.443. The number of nitrogen functional groups attached to an aromatic ring is 1. The van der Waals surface area contributed by atoms with Crippen molar-refractivity contribution in [3.05, 3.63) is 47.8 Å². The first kappa shape index (κ1) is 15.3. The van der Waals surface area contributed by atoms with Crippen molar-refractivity contribution in [2.75, 3.05) is 18.1 Å². The van der Waals surface area contributed by atoms with Crippen LogP contribution >= 0.6 is 0 Å². The van der Waals surface area contributed by atoms with E-state index in [0.29, 0.717) is 11.4 Å². The smallest absolute Gasteiger partial charge is 0.240 e. The number of aryl methyl sites for hydroxylation is 1. The van der Waals surface area contributed by atoms with Crippen molar-refractivity contribution in [2.24, 2.45) is 0 Å². The van der Waals surface area contributed by atoms with Crippen LogP contribution in [0.5, 0.6) is 0 Å². The van der Waals surface area contributed by atoms with E-state index in [1.54, 1.807) is 12.1 Å². The van der Waals surface area contributed by atoms with Gasteiger partial charge in [-0.25, -0.2) is 17.5 Å². The van der Waals surface area contributed by atoms with Gasteiger partial charge in [-0.2, -0.15) is 0 Å². The molecule has 4 N–H and O–H groups in total. The Morgan fingerprint density at radius 3 is 2.48 bits per heavy atom. The number of nitrogens with two attached hydrogens (primary N) is 1. The largest absolute Gasteiger partial charge is 0.397 e. The minimum atomic E-state index is -3.59. The van der Waals surface area contributed by atoms with Gasteiger partial charge in [-0.05, 0) is 49.9 Å². The molecule has 0 saturated heterocycles. The van der Waals surface area contributed by atoms with Crippen LogP contribution in [-0.2, 0) is 10.0 Å². The van der Waals surface area contributed by atoms with Gasteiger partial charge in [0.25, 0.3) is 0 Å². The SMILES string of the molecule is CNS(=O)(=O)c1ccc(N)c(Nc2cc(C)ccc2F)c1. The first-order valence-electron chi connectivity index (χ1n) is 6.20. The summed E-state index contributed by atoms with van der Waals surface area (Å²) in [5.41, 5.74) is 7.57. The van der Waals surface area contributed by atoms with E-state index in [1.165, 1.54) is 31.3 Å². The van der Waals surface area contributed by atoms with Crippen LogP contribution in [0.2, 0.25) is 0 Å². The summed E-state index contributed by atoms with van der Waals surface area (Å²) >= 11 is 0. The fourth-order valence-electron chi connectivity index (χ4n) is 1.81. The quantitative estimate of drug-likeness (QED) is 0.757. The van der Waals surface area contributed by atoms with E-state index in [9.17, 15) is 12.8 Å². The molecule has 0 spiro atoms. The van der Waals surface area contributed by atoms with E-state index in [-0.39, 0.29) is 10.6 Å². The molecular weight excluding hydrogens is 293 g/mol. The average Bonchev–Trinajstić information content (AvgIpc) is 2.45. The Labute approximate surface area is 123 Å². The third-order valence-corrected chi connectivity index (χ3v) is 4.41. The Kier molecular flexibility index (Phi) is 4.15. The summed E-state index contributed by atoms with van der Waals surface area (Å²) in [6, 6.07) is 8.81. The van der Waals surface area contributed by atoms with Crippen molar-refractivity contribution in [1.29, 1.82) is 0 Å². The maximum atomic E-state index is 13.8. The molecule has 21 heavy (non-hydrogen) atoms. The van der Waals surface area contributed by atoms with Crippen molar-refractivity contribution in [3.8, 4) is 0 Å². The molecule has 0 amide bonds. The highest BCUT2D eigenvalue weighted by Gasteiger charge is 2.14. The summed E-state index contributed by atoms with van der Waals surface area (Å²) in [6.07, 6.45) is 0. The van der Waals surface area contributed by atoms with Crippen LogP contribution in [0.4, 0.5) is 21.5 Å². The van der Waals surface area contributed by atoms with Crippen LogP contribution < -0.4 is 15.8 Å². The topological polar surface area (TPSA) is 84.2 Å². The van der Waals surface area contributed by atoms with Crippen LogP contribution in [-0.4, -0.2) is 15.5 Å². The molecule has 2 aromatic carbocycles. The van der Waals surface area contributed by atoms with Gasteiger partial charge in [0.05, 0.1) is 22.0 Å². The Morgan fingerprint density at radius 1 is 1.10 bits per heavy atom. The lowest BCUT2D eigenvalue weighted by molar-refractivity contribution is 0.588. The Balaban J connectivity index is 2.45. The summed E-state index contributed by atoms with van der Waals surface area (Å²) in [7, 11) is -2.27. The van der Waals surface area contributed by atoms with Gasteiger partial charge >= 0.3 is 0 Å². The van der Waals surface area contributed by atoms with Crippen molar-refractivity contribution in [3.63, 3.8) is 0 Å². The van der Waals surface area contributed by atoms with Gasteiger partial charge in [-0.15, -0.1) is 0 Å². The number of hydrogen-bond acceptors (Lipinski definition) is 4. The van der Waals surface area contributed by atoms with Crippen molar-refractivity contribution < 1.29 is 12.8 Å². The second-order valence-electron chi connectivity index (χ2n) is 4.56. The molecule has 0 saturated carbocycles. The van der Waals surface area contributed by atoms with E-state index in [0.717, 1.165) is 5.56 Å². The number of sulfonamides is 1. The third-order valence-electron chi connectivity index (χ3n) is 2.99. The molecule has 0 aromatic heterocycles. The zero-order valence-corrected chi connectivity index (χ0v) is 12.5. The summed E-state index contributed by atoms with van der Waals surface area (Å²) < 4.78 is 39.5. The second-order valence-corrected chi connectivity index (χ2v) is 6.45. The number of hydrogen-bond donors (Lipinski definition) is 3. The third kappa shape index (κ3) is 3.32. The van der Waals surface area contributed by atoms with Gasteiger partial charge in [-0.3, -0.25) is 0 Å². The van der Waals surface area contributed by atoms with Crippen LogP contribution in [0.3, 0.4) is 0 Å². The molecule has 2 aromatic rings. The van der Waals surface area contributed by atoms with E-state index in [4.69, 9.17) is 5.73 Å². The van der Waals surface area contributed by atoms with E-state index >= 15 is 0 Å². The molecule has 2 rings (SSSR count). The first-order valence-corrected chi connectivity index (χ1v) is 7.68. The second kappa shape index (κ2) is 5.71. The van der Waals surface area contributed by atoms with E-state index < -0.39 is 15.8 Å². The number of nitrogens with one attached hydrogen (secondary N) is 2. The minimum Gasteiger partial charge on any atom is -0.397 e. The number of anilines is 3. The molecule has 0 aliphatic rings. The summed E-state index contributed by atoms with van der Waals surface area (Å²) in [4.78, 5) is 0.0507. The van der Waals surface area contributed by atoms with Crippen molar-refractivity contribution in [1.82, 2.24) is 4.72 Å². The molecule has 0 radical (unpaired) electrons. The van der Waals surface area contributed by atoms with Crippen molar-refractivity contribution in [2.45, 2.75) is 11.8 Å². The molecule has 0 fully saturated rings. The standard InChI is InChI=1S/C14H16FN3O2S/c1-9-3-5-11(15)13(7-9)18-14-8-10(4-6-12(14)16)21(19,20)17-2/h3-8,17-18H,16H2,1-2H3. The molecular formula is C14H16FN3O2S. The fraction of sp³-hybridized carbons (Fsp3) is 0.143. The summed E-state index contributed by atoms with van der Waals surface area (Å²) in [6.45, 7) is 1.83. The van der Waals surface area contributed by atoms with Gasteiger partial charge in [0, 0.05) is 0 Å². The molecule has 5 nitrogen and oxygen atoms in total. The van der Waals surface area contributed by atoms with Crippen LogP contribution in [0.1, 0.15) is 5.56 Å². The van der Waals surface area contributed by atoms with Gasteiger partial charge < -0.3 is 11.1 Å². The van der Waals surface area contributed by atoms with Gasteiger partial charge in [0.1, 0.15) is 5.82 Å². The lowest BCUT2D eigenvalue weighted by atomic mass is 10.2. The van der Waals surface area contributed by atoms with E-state index in [1.807, 2.05) is 6.92 Å². The highest BCUT2D eigenvalue weighted by molar-refractivity contribution is 7.89. The Morgan fingerprint density at radius 2 is 1.81 bits per heavy atom. The molecule has 7 heteroatoms. The zero-order valence-electron chi connectivity index (χ0n) is 11.6. The predicted octanol–water partition coefficient (Wildman–Crippen LogP) is 2.37. The van der Waals surface area contributed by atoms with Crippen LogP contribution in [0.25, 0.3) is 0 Å². The maximum Gasteiger partial charge on any atom is 0.240 e. The molecule has 0 heterocycles.